The van der Waals surface area contributed by atoms with Gasteiger partial charge >= 0.3 is 12.0 Å². The van der Waals surface area contributed by atoms with Crippen LogP contribution in [-0.2, 0) is 11.3 Å². The van der Waals surface area contributed by atoms with E-state index in [1.54, 1.807) is 29.2 Å². The van der Waals surface area contributed by atoms with Crippen molar-refractivity contribution in [3.8, 4) is 0 Å². The van der Waals surface area contributed by atoms with Crippen molar-refractivity contribution in [3.05, 3.63) is 76.1 Å². The van der Waals surface area contributed by atoms with Crippen LogP contribution in [0.15, 0.2) is 59.4 Å². The van der Waals surface area contributed by atoms with Crippen LogP contribution in [0.5, 0.6) is 0 Å². The molecule has 30 heavy (non-hydrogen) atoms. The van der Waals surface area contributed by atoms with Gasteiger partial charge in [0.15, 0.2) is 0 Å². The number of H-pyrrole nitrogens is 1. The second-order valence-electron chi connectivity index (χ2n) is 7.45. The molecule has 156 valence electrons. The molecule has 0 fully saturated rings. The van der Waals surface area contributed by atoms with E-state index in [1.165, 1.54) is 13.2 Å². The summed E-state index contributed by atoms with van der Waals surface area (Å²) in [5.74, 6) is -0.318. The highest BCUT2D eigenvalue weighted by Crippen LogP contribution is 2.20. The second-order valence-corrected chi connectivity index (χ2v) is 7.45. The minimum Gasteiger partial charge on any atom is -0.465 e. The van der Waals surface area contributed by atoms with Crippen LogP contribution in [0.1, 0.15) is 29.8 Å². The third kappa shape index (κ3) is 4.86. The molecule has 0 aliphatic heterocycles. The number of methoxy groups -OCH3 is 1. The number of nitrogens with zero attached hydrogens (tertiary/aromatic N) is 1. The van der Waals surface area contributed by atoms with Crippen molar-refractivity contribution in [1.29, 1.82) is 0 Å². The first-order chi connectivity index (χ1) is 14.4. The molecule has 0 aliphatic rings. The van der Waals surface area contributed by atoms with Gasteiger partial charge in [-0.25, -0.2) is 9.59 Å². The Morgan fingerprint density at radius 2 is 1.80 bits per heavy atom. The first kappa shape index (κ1) is 21.1. The van der Waals surface area contributed by atoms with Gasteiger partial charge in [0.25, 0.3) is 0 Å². The number of benzene rings is 2. The Morgan fingerprint density at radius 1 is 1.10 bits per heavy atom. The van der Waals surface area contributed by atoms with Crippen LogP contribution in [0.4, 0.5) is 10.5 Å². The molecular formula is C23H25N3O4. The van der Waals surface area contributed by atoms with Crippen molar-refractivity contribution < 1.29 is 14.3 Å². The summed E-state index contributed by atoms with van der Waals surface area (Å²) in [6, 6.07) is 15.3. The zero-order chi connectivity index (χ0) is 21.7. The average Bonchev–Trinajstić information content (AvgIpc) is 2.72. The van der Waals surface area contributed by atoms with Gasteiger partial charge in [0, 0.05) is 30.1 Å². The minimum atomic E-state index is -0.526. The normalized spacial score (nSPS) is 10.8. The zero-order valence-electron chi connectivity index (χ0n) is 17.3. The number of rotatable bonds is 6. The number of carbonyl (C=O) groups is 2. The van der Waals surface area contributed by atoms with Gasteiger partial charge in [0.1, 0.15) is 0 Å². The van der Waals surface area contributed by atoms with Crippen LogP contribution in [0.3, 0.4) is 0 Å². The van der Waals surface area contributed by atoms with Gasteiger partial charge in [0.05, 0.1) is 18.4 Å². The van der Waals surface area contributed by atoms with Crippen LogP contribution >= 0.6 is 0 Å². The number of amides is 2. The van der Waals surface area contributed by atoms with E-state index < -0.39 is 5.97 Å². The number of hydrogen-bond donors (Lipinski definition) is 2. The van der Waals surface area contributed by atoms with Crippen molar-refractivity contribution in [1.82, 2.24) is 9.88 Å². The molecule has 3 rings (SSSR count). The molecule has 2 N–H and O–H groups in total. The summed E-state index contributed by atoms with van der Waals surface area (Å²) in [5.41, 5.74) is 1.91. The Balaban J connectivity index is 1.92. The Hall–Kier alpha value is -3.61. The third-order valence-corrected chi connectivity index (χ3v) is 4.64. The molecule has 3 aromatic rings. The highest BCUT2D eigenvalue weighted by atomic mass is 16.5. The highest BCUT2D eigenvalue weighted by molar-refractivity contribution is 6.00. The molecule has 1 heterocycles. The van der Waals surface area contributed by atoms with Gasteiger partial charge in [-0.15, -0.1) is 0 Å². The molecule has 0 bridgehead atoms. The van der Waals surface area contributed by atoms with Crippen molar-refractivity contribution >= 4 is 28.6 Å². The molecule has 0 radical (unpaired) electrons. The highest BCUT2D eigenvalue weighted by Gasteiger charge is 2.20. The number of carbonyl (C=O) groups excluding carboxylic acids is 2. The number of anilines is 1. The summed E-state index contributed by atoms with van der Waals surface area (Å²) < 4.78 is 4.80. The lowest BCUT2D eigenvalue weighted by Crippen LogP contribution is -2.37. The van der Waals surface area contributed by atoms with Crippen molar-refractivity contribution in [2.75, 3.05) is 19.0 Å². The van der Waals surface area contributed by atoms with E-state index in [2.05, 4.69) is 10.3 Å². The monoisotopic (exact) mass is 407 g/mol. The molecule has 7 heteroatoms. The number of aromatic amines is 1. The topological polar surface area (TPSA) is 91.5 Å². The lowest BCUT2D eigenvalue weighted by molar-refractivity contribution is 0.0602. The molecule has 0 unspecified atom stereocenters. The summed E-state index contributed by atoms with van der Waals surface area (Å²) in [6.07, 6.45) is 0. The predicted molar refractivity (Wildman–Crippen MR) is 117 cm³/mol. The molecule has 2 aromatic carbocycles. The van der Waals surface area contributed by atoms with E-state index in [1.807, 2.05) is 38.1 Å². The maximum atomic E-state index is 13.1. The summed E-state index contributed by atoms with van der Waals surface area (Å²) in [4.78, 5) is 41.7. The number of nitrogens with one attached hydrogen (secondary N) is 2. The number of para-hydroxylation sites is 2. The molecule has 0 atom stereocenters. The van der Waals surface area contributed by atoms with Crippen molar-refractivity contribution in [2.24, 2.45) is 5.92 Å². The molecular weight excluding hydrogens is 382 g/mol. The van der Waals surface area contributed by atoms with E-state index in [9.17, 15) is 14.4 Å². The second kappa shape index (κ2) is 9.26. The summed E-state index contributed by atoms with van der Waals surface area (Å²) in [6.45, 7) is 4.76. The maximum absolute atomic E-state index is 13.1. The maximum Gasteiger partial charge on any atom is 0.339 e. The Kier molecular flexibility index (Phi) is 6.51. The molecule has 0 saturated carbocycles. The number of ether oxygens (including phenoxy) is 1. The number of hydrogen-bond acceptors (Lipinski definition) is 4. The standard InChI is InChI=1S/C23H25N3O4/c1-15(2)13-26(14-16-12-21(27)24-19-10-6-4-8-17(16)19)23(29)25-20-11-7-5-9-18(20)22(28)30-3/h4-12,15H,13-14H2,1-3H3,(H,24,27)(H,25,29). The molecule has 1 aromatic heterocycles. The van der Waals surface area contributed by atoms with Crippen molar-refractivity contribution in [2.45, 2.75) is 20.4 Å². The molecule has 0 saturated heterocycles. The average molecular weight is 407 g/mol. The fraction of sp³-hybridized carbons (Fsp3) is 0.261. The van der Waals surface area contributed by atoms with Gasteiger partial charge in [-0.2, -0.15) is 0 Å². The molecule has 0 aliphatic carbocycles. The zero-order valence-corrected chi connectivity index (χ0v) is 17.3. The van der Waals surface area contributed by atoms with E-state index >= 15 is 0 Å². The predicted octanol–water partition coefficient (Wildman–Crippen LogP) is 4.00. The number of urea groups is 1. The van der Waals surface area contributed by atoms with E-state index in [0.29, 0.717) is 12.2 Å². The van der Waals surface area contributed by atoms with Crippen molar-refractivity contribution in [3.63, 3.8) is 0 Å². The van der Waals surface area contributed by atoms with Gasteiger partial charge < -0.3 is 19.9 Å². The third-order valence-electron chi connectivity index (χ3n) is 4.64. The van der Waals surface area contributed by atoms with Gasteiger partial charge in [-0.3, -0.25) is 4.79 Å². The fourth-order valence-corrected chi connectivity index (χ4v) is 3.35. The van der Waals surface area contributed by atoms with Gasteiger partial charge in [-0.1, -0.05) is 44.2 Å². The summed E-state index contributed by atoms with van der Waals surface area (Å²) in [5, 5.41) is 3.70. The van der Waals surface area contributed by atoms with E-state index in [-0.39, 0.29) is 29.6 Å². The van der Waals surface area contributed by atoms with Gasteiger partial charge in [0.2, 0.25) is 5.56 Å². The lowest BCUT2D eigenvalue weighted by Gasteiger charge is -2.26. The van der Waals surface area contributed by atoms with Crippen LogP contribution < -0.4 is 10.9 Å². The Morgan fingerprint density at radius 3 is 2.53 bits per heavy atom. The van der Waals surface area contributed by atoms with Crippen LogP contribution in [-0.4, -0.2) is 35.5 Å². The number of fused-ring (bicyclic) bond motifs is 1. The quantitative estimate of drug-likeness (QED) is 0.604. The number of pyridine rings is 1. The minimum absolute atomic E-state index is 0.208. The van der Waals surface area contributed by atoms with E-state index in [0.717, 1.165) is 16.5 Å². The first-order valence-electron chi connectivity index (χ1n) is 9.73. The summed E-state index contributed by atoms with van der Waals surface area (Å²) >= 11 is 0. The van der Waals surface area contributed by atoms with Crippen LogP contribution in [0, 0.1) is 5.92 Å². The lowest BCUT2D eigenvalue weighted by atomic mass is 10.1. The Labute approximate surface area is 174 Å². The SMILES string of the molecule is COC(=O)c1ccccc1NC(=O)N(Cc1cc(=O)[nH]c2ccccc12)CC(C)C. The Bertz CT molecular complexity index is 1120. The van der Waals surface area contributed by atoms with Crippen LogP contribution in [0.2, 0.25) is 0 Å². The number of esters is 1. The number of aromatic nitrogens is 1. The first-order valence-corrected chi connectivity index (χ1v) is 9.73. The van der Waals surface area contributed by atoms with Gasteiger partial charge in [-0.05, 0) is 29.7 Å². The largest absolute Gasteiger partial charge is 0.465 e. The molecule has 0 spiro atoms. The fourth-order valence-electron chi connectivity index (χ4n) is 3.35. The van der Waals surface area contributed by atoms with Crippen LogP contribution in [0.25, 0.3) is 10.9 Å². The molecule has 7 nitrogen and oxygen atoms in total. The summed E-state index contributed by atoms with van der Waals surface area (Å²) in [7, 11) is 1.30. The molecule has 2 amide bonds. The van der Waals surface area contributed by atoms with E-state index in [4.69, 9.17) is 4.74 Å². The smallest absolute Gasteiger partial charge is 0.339 e.